The van der Waals surface area contributed by atoms with Crippen LogP contribution in [0.15, 0.2) is 24.3 Å². The van der Waals surface area contributed by atoms with Gasteiger partial charge in [-0.2, -0.15) is 0 Å². The van der Waals surface area contributed by atoms with Gasteiger partial charge in [0.1, 0.15) is 30.5 Å². The summed E-state index contributed by atoms with van der Waals surface area (Å²) in [6.45, 7) is -0.506. The van der Waals surface area contributed by atoms with Crippen LogP contribution in [-0.4, -0.2) is 57.7 Å². The molecule has 1 radical (unpaired) electrons. The molecule has 1 heterocycles. The zero-order chi connectivity index (χ0) is 14.0. The van der Waals surface area contributed by atoms with Crippen molar-refractivity contribution in [3.05, 3.63) is 35.4 Å². The molecule has 2 rings (SSSR count). The second-order valence-electron chi connectivity index (χ2n) is 4.44. The Hall–Kier alpha value is -1.31. The van der Waals surface area contributed by atoms with Crippen molar-refractivity contribution in [2.24, 2.45) is 0 Å². The summed E-state index contributed by atoms with van der Waals surface area (Å²) in [5.74, 6) is 0. The maximum absolute atomic E-state index is 10.9. The van der Waals surface area contributed by atoms with E-state index in [1.165, 1.54) is 6.07 Å². The van der Waals surface area contributed by atoms with Crippen molar-refractivity contribution >= 4 is 6.29 Å². The van der Waals surface area contributed by atoms with Crippen molar-refractivity contribution in [1.82, 2.24) is 0 Å². The van der Waals surface area contributed by atoms with Gasteiger partial charge in [-0.25, -0.2) is 0 Å². The number of rotatable bonds is 3. The summed E-state index contributed by atoms with van der Waals surface area (Å²) in [5, 5.41) is 38.4. The molecule has 6 heteroatoms. The third-order valence-corrected chi connectivity index (χ3v) is 3.27. The molecule has 0 bridgehead atoms. The lowest BCUT2D eigenvalue weighted by molar-refractivity contribution is -0.231. The highest BCUT2D eigenvalue weighted by Gasteiger charge is 2.44. The molecule has 19 heavy (non-hydrogen) atoms. The molecule has 1 aliphatic heterocycles. The minimum absolute atomic E-state index is 0.201. The Morgan fingerprint density at radius 1 is 1.11 bits per heavy atom. The van der Waals surface area contributed by atoms with E-state index in [2.05, 4.69) is 0 Å². The first-order chi connectivity index (χ1) is 9.10. The van der Waals surface area contributed by atoms with E-state index in [-0.39, 0.29) is 5.56 Å². The van der Waals surface area contributed by atoms with E-state index in [0.29, 0.717) is 5.56 Å². The number of ether oxygens (including phenoxy) is 1. The Kier molecular flexibility index (Phi) is 4.28. The highest BCUT2D eigenvalue weighted by atomic mass is 16.5. The molecule has 1 aromatic rings. The summed E-state index contributed by atoms with van der Waals surface area (Å²) in [7, 11) is 0. The fraction of sp³-hybridized carbons (Fsp3) is 0.462. The summed E-state index contributed by atoms with van der Waals surface area (Å²) in [6, 6.07) is 6.35. The van der Waals surface area contributed by atoms with Crippen LogP contribution in [0.1, 0.15) is 17.2 Å². The van der Waals surface area contributed by atoms with Crippen LogP contribution in [-0.2, 0) is 9.53 Å². The van der Waals surface area contributed by atoms with E-state index in [0.717, 1.165) is 0 Å². The molecule has 0 amide bonds. The van der Waals surface area contributed by atoms with Crippen LogP contribution < -0.4 is 0 Å². The second kappa shape index (κ2) is 5.77. The molecule has 1 unspecified atom stereocenters. The van der Waals surface area contributed by atoms with E-state index < -0.39 is 37.1 Å². The van der Waals surface area contributed by atoms with Crippen LogP contribution in [0, 0.1) is 0 Å². The molecule has 1 aromatic carbocycles. The first-order valence-electron chi connectivity index (χ1n) is 5.87. The van der Waals surface area contributed by atoms with Crippen molar-refractivity contribution < 1.29 is 30.0 Å². The van der Waals surface area contributed by atoms with Gasteiger partial charge in [-0.1, -0.05) is 24.3 Å². The molecule has 0 spiro atoms. The number of benzene rings is 1. The summed E-state index contributed by atoms with van der Waals surface area (Å²) in [5.41, 5.74) is 0.557. The number of aliphatic hydroxyl groups is 4. The number of hydrogen-bond donors (Lipinski definition) is 4. The highest BCUT2D eigenvalue weighted by molar-refractivity contribution is 5.78. The Morgan fingerprint density at radius 2 is 1.79 bits per heavy atom. The molecule has 1 fully saturated rings. The van der Waals surface area contributed by atoms with Crippen LogP contribution in [0.2, 0.25) is 0 Å². The van der Waals surface area contributed by atoms with E-state index in [1.807, 2.05) is 0 Å². The van der Waals surface area contributed by atoms with Crippen LogP contribution in [0.5, 0.6) is 0 Å². The number of carbonyl (C=O) groups excluding carboxylic acids is 1. The predicted octanol–water partition coefficient (Wildman–Crippen LogP) is -1.34. The van der Waals surface area contributed by atoms with Gasteiger partial charge in [-0.05, 0) is 5.56 Å². The van der Waals surface area contributed by atoms with E-state index >= 15 is 0 Å². The summed E-state index contributed by atoms with van der Waals surface area (Å²) >= 11 is 0. The molecule has 0 aromatic heterocycles. The SMILES string of the molecule is O=[C]c1ccccc1C1O[C@H](CO)[C@@H](O)[C@H](O)[C@H]1O. The predicted molar refractivity (Wildman–Crippen MR) is 64.0 cm³/mol. The molecule has 0 saturated carbocycles. The van der Waals surface area contributed by atoms with Gasteiger partial charge in [0.15, 0.2) is 0 Å². The largest absolute Gasteiger partial charge is 0.394 e. The van der Waals surface area contributed by atoms with Crippen LogP contribution in [0.25, 0.3) is 0 Å². The zero-order valence-electron chi connectivity index (χ0n) is 10.0. The Balaban J connectivity index is 2.35. The summed E-state index contributed by atoms with van der Waals surface area (Å²) < 4.78 is 5.37. The van der Waals surface area contributed by atoms with Crippen molar-refractivity contribution in [2.45, 2.75) is 30.5 Å². The zero-order valence-corrected chi connectivity index (χ0v) is 10.0. The Morgan fingerprint density at radius 3 is 2.42 bits per heavy atom. The minimum Gasteiger partial charge on any atom is -0.394 e. The molecular formula is C13H15O6. The molecule has 1 aliphatic rings. The quantitative estimate of drug-likeness (QED) is 0.540. The Bertz CT molecular complexity index is 447. The molecule has 5 atom stereocenters. The standard InChI is InChI=1S/C13H15O6/c14-5-7-3-1-2-4-8(7)13-12(18)11(17)10(16)9(6-15)19-13/h1-4,9-13,15-18H,6H2/t9-,10-,11+,12-,13?/m1/s1. The van der Waals surface area contributed by atoms with Gasteiger partial charge in [0.2, 0.25) is 6.29 Å². The maximum atomic E-state index is 10.9. The molecule has 4 N–H and O–H groups in total. The van der Waals surface area contributed by atoms with E-state index in [1.54, 1.807) is 24.5 Å². The summed E-state index contributed by atoms with van der Waals surface area (Å²) in [4.78, 5) is 10.9. The van der Waals surface area contributed by atoms with Gasteiger partial charge >= 0.3 is 0 Å². The van der Waals surface area contributed by atoms with E-state index in [9.17, 15) is 20.1 Å². The van der Waals surface area contributed by atoms with Crippen molar-refractivity contribution in [3.63, 3.8) is 0 Å². The third-order valence-electron chi connectivity index (χ3n) is 3.27. The van der Waals surface area contributed by atoms with Crippen molar-refractivity contribution in [3.8, 4) is 0 Å². The molecular weight excluding hydrogens is 252 g/mol. The van der Waals surface area contributed by atoms with Crippen LogP contribution in [0.3, 0.4) is 0 Å². The molecule has 1 saturated heterocycles. The van der Waals surface area contributed by atoms with Gasteiger partial charge in [0.25, 0.3) is 0 Å². The fourth-order valence-electron chi connectivity index (χ4n) is 2.20. The molecule has 0 aliphatic carbocycles. The van der Waals surface area contributed by atoms with Crippen LogP contribution in [0.4, 0.5) is 0 Å². The first kappa shape index (κ1) is 14.1. The smallest absolute Gasteiger partial charge is 0.233 e. The van der Waals surface area contributed by atoms with Crippen molar-refractivity contribution in [1.29, 1.82) is 0 Å². The third kappa shape index (κ3) is 2.54. The van der Waals surface area contributed by atoms with Gasteiger partial charge < -0.3 is 25.2 Å². The van der Waals surface area contributed by atoms with Crippen molar-refractivity contribution in [2.75, 3.05) is 6.61 Å². The topological polar surface area (TPSA) is 107 Å². The highest BCUT2D eigenvalue weighted by Crippen LogP contribution is 2.33. The average molecular weight is 267 g/mol. The minimum atomic E-state index is -1.46. The average Bonchev–Trinajstić information content (AvgIpc) is 2.45. The number of hydrogen-bond acceptors (Lipinski definition) is 6. The van der Waals surface area contributed by atoms with Crippen LogP contribution >= 0.6 is 0 Å². The maximum Gasteiger partial charge on any atom is 0.233 e. The van der Waals surface area contributed by atoms with Gasteiger partial charge in [0, 0.05) is 5.56 Å². The first-order valence-corrected chi connectivity index (χ1v) is 5.87. The summed E-state index contributed by atoms with van der Waals surface area (Å²) in [6.07, 6.45) is -4.55. The lowest BCUT2D eigenvalue weighted by atomic mass is 9.89. The monoisotopic (exact) mass is 267 g/mol. The molecule has 103 valence electrons. The van der Waals surface area contributed by atoms with Gasteiger partial charge in [-0.15, -0.1) is 0 Å². The fourth-order valence-corrected chi connectivity index (χ4v) is 2.20. The van der Waals surface area contributed by atoms with E-state index in [4.69, 9.17) is 9.84 Å². The number of aliphatic hydroxyl groups excluding tert-OH is 4. The van der Waals surface area contributed by atoms with Gasteiger partial charge in [0.05, 0.1) is 6.61 Å². The molecule has 6 nitrogen and oxygen atoms in total. The lowest BCUT2D eigenvalue weighted by Gasteiger charge is -2.40. The second-order valence-corrected chi connectivity index (χ2v) is 4.44. The Labute approximate surface area is 109 Å². The van der Waals surface area contributed by atoms with Gasteiger partial charge in [-0.3, -0.25) is 4.79 Å². The lowest BCUT2D eigenvalue weighted by Crippen LogP contribution is -2.55. The normalized spacial score (nSPS) is 35.1.